The Morgan fingerprint density at radius 3 is 1.04 bits per heavy atom. The Bertz CT molecular complexity index is 4400. The van der Waals surface area contributed by atoms with Gasteiger partial charge in [0.15, 0.2) is 0 Å². The third-order valence-corrected chi connectivity index (χ3v) is 17.2. The summed E-state index contributed by atoms with van der Waals surface area (Å²) in [6, 6.07) is 72.7. The molecule has 77 heavy (non-hydrogen) atoms. The highest BCUT2D eigenvalue weighted by atomic mass is 15.0. The lowest BCUT2D eigenvalue weighted by molar-refractivity contribution is 0.590. The third-order valence-electron chi connectivity index (χ3n) is 17.2. The van der Waals surface area contributed by atoms with Crippen LogP contribution in [-0.2, 0) is 21.7 Å². The highest BCUT2D eigenvalue weighted by Gasteiger charge is 2.26. The number of rotatable bonds is 4. The smallest absolute Gasteiger partial charge is 0.0562 e. The molecule has 14 rings (SSSR count). The first-order valence-corrected chi connectivity index (χ1v) is 27.7. The van der Waals surface area contributed by atoms with Crippen LogP contribution in [0.1, 0.15) is 105 Å². The van der Waals surface area contributed by atoms with Crippen molar-refractivity contribution < 1.29 is 0 Å². The van der Waals surface area contributed by atoms with E-state index in [1.54, 1.807) is 0 Å². The van der Waals surface area contributed by atoms with E-state index in [2.05, 4.69) is 285 Å². The topological polar surface area (TPSA) is 14.8 Å². The lowest BCUT2D eigenvalue weighted by Gasteiger charge is -2.19. The number of hydrogen-bond acceptors (Lipinski definition) is 0. The number of aromatic nitrogens is 3. The molecule has 11 aromatic carbocycles. The zero-order valence-corrected chi connectivity index (χ0v) is 46.7. The SMILES string of the molecule is CC(C)(C)c1ccc2c(c1)c1cc(C(C)(C)C)ccc1n2-c1ccc2c3ccc(-n4c5ccc(C(C)(C)C)cc5c5cc(C(C)(C)C)ccc54)cc3n(-c3ccc4ccc5c(-c6ccccc6)ccc6ccc3c4c65)c2c1. The van der Waals surface area contributed by atoms with Gasteiger partial charge in [-0.1, -0.05) is 192 Å². The van der Waals surface area contributed by atoms with E-state index in [0.717, 1.165) is 11.4 Å². The number of nitrogens with zero attached hydrogens (tertiary/aromatic N) is 3. The van der Waals surface area contributed by atoms with Crippen molar-refractivity contribution in [3.8, 4) is 28.2 Å². The molecule has 0 bridgehead atoms. The number of benzene rings is 11. The monoisotopic (exact) mass is 998 g/mol. The van der Waals surface area contributed by atoms with Gasteiger partial charge in [-0.25, -0.2) is 0 Å². The Kier molecular flexibility index (Phi) is 9.95. The summed E-state index contributed by atoms with van der Waals surface area (Å²) in [5.41, 5.74) is 18.6. The van der Waals surface area contributed by atoms with Crippen LogP contribution in [0.4, 0.5) is 0 Å². The lowest BCUT2D eigenvalue weighted by Crippen LogP contribution is -2.10. The molecule has 0 atom stereocenters. The van der Waals surface area contributed by atoms with Crippen LogP contribution in [0.5, 0.6) is 0 Å². The van der Waals surface area contributed by atoms with Crippen LogP contribution < -0.4 is 0 Å². The molecule has 0 aliphatic carbocycles. The Morgan fingerprint density at radius 2 is 0.623 bits per heavy atom. The van der Waals surface area contributed by atoms with Gasteiger partial charge in [-0.15, -0.1) is 0 Å². The summed E-state index contributed by atoms with van der Waals surface area (Å²) >= 11 is 0. The van der Waals surface area contributed by atoms with Crippen LogP contribution in [0.3, 0.4) is 0 Å². The van der Waals surface area contributed by atoms with Crippen molar-refractivity contribution in [2.75, 3.05) is 0 Å². The van der Waals surface area contributed by atoms with Gasteiger partial charge >= 0.3 is 0 Å². The van der Waals surface area contributed by atoms with Crippen molar-refractivity contribution in [2.45, 2.75) is 105 Å². The van der Waals surface area contributed by atoms with E-state index in [1.807, 2.05) is 0 Å². The standard InChI is InChI=1S/C74H67N3/c1-71(2,3)47-22-34-63-58(38-47)59-39-48(72(4,5)6)23-35-64(59)75(63)51-26-31-54-55-32-27-52(76-65-36-24-49(73(7,8)9)40-60(65)61-41-50(74(10,11)12)25-37-66(61)76)43-68(55)77(67(54)42-51)62-33-21-46-19-29-56-53(44-16-14-13-15-17-44)28-18-45-20-30-57(62)70(46)69(45)56/h13-43H,1-12H3. The van der Waals surface area contributed by atoms with Crippen LogP contribution in [0.15, 0.2) is 188 Å². The van der Waals surface area contributed by atoms with Gasteiger partial charge in [0.1, 0.15) is 0 Å². The van der Waals surface area contributed by atoms with Crippen LogP contribution in [0, 0.1) is 0 Å². The maximum atomic E-state index is 2.59. The number of fused-ring (bicyclic) bond motifs is 9. The first-order valence-electron chi connectivity index (χ1n) is 27.7. The molecular formula is C74H67N3. The van der Waals surface area contributed by atoms with Crippen molar-refractivity contribution in [1.29, 1.82) is 0 Å². The Balaban J connectivity index is 1.09. The molecule has 3 heteroatoms. The van der Waals surface area contributed by atoms with Crippen molar-refractivity contribution in [3.63, 3.8) is 0 Å². The van der Waals surface area contributed by atoms with Crippen molar-refractivity contribution >= 4 is 97.7 Å². The van der Waals surface area contributed by atoms with Gasteiger partial charge in [-0.2, -0.15) is 0 Å². The zero-order valence-electron chi connectivity index (χ0n) is 46.7. The molecule has 0 saturated heterocycles. The average Bonchev–Trinajstić information content (AvgIpc) is 4.11. The first-order chi connectivity index (χ1) is 36.7. The van der Waals surface area contributed by atoms with E-state index in [9.17, 15) is 0 Å². The average molecular weight is 998 g/mol. The van der Waals surface area contributed by atoms with E-state index in [-0.39, 0.29) is 21.7 Å². The largest absolute Gasteiger partial charge is 0.309 e. The fourth-order valence-corrected chi connectivity index (χ4v) is 12.9. The molecule has 14 aromatic rings. The highest BCUT2D eigenvalue weighted by Crippen LogP contribution is 2.46. The molecule has 0 amide bonds. The minimum absolute atomic E-state index is 0.0106. The summed E-state index contributed by atoms with van der Waals surface area (Å²) in [6.45, 7) is 27.8. The molecule has 0 fully saturated rings. The maximum Gasteiger partial charge on any atom is 0.0562 e. The van der Waals surface area contributed by atoms with Gasteiger partial charge in [0.2, 0.25) is 0 Å². The molecule has 3 heterocycles. The molecule has 3 aromatic heterocycles. The minimum Gasteiger partial charge on any atom is -0.309 e. The van der Waals surface area contributed by atoms with Crippen molar-refractivity contribution in [3.05, 3.63) is 210 Å². The summed E-state index contributed by atoms with van der Waals surface area (Å²) in [5.74, 6) is 0. The number of hydrogen-bond donors (Lipinski definition) is 0. The quantitative estimate of drug-likeness (QED) is 0.156. The van der Waals surface area contributed by atoms with E-state index < -0.39 is 0 Å². The van der Waals surface area contributed by atoms with Gasteiger partial charge in [0, 0.05) is 49.1 Å². The van der Waals surface area contributed by atoms with Gasteiger partial charge in [-0.05, 0) is 161 Å². The summed E-state index contributed by atoms with van der Waals surface area (Å²) < 4.78 is 7.62. The molecule has 0 unspecified atom stereocenters. The summed E-state index contributed by atoms with van der Waals surface area (Å²) in [4.78, 5) is 0. The zero-order chi connectivity index (χ0) is 53.2. The van der Waals surface area contributed by atoms with Gasteiger partial charge < -0.3 is 13.7 Å². The van der Waals surface area contributed by atoms with E-state index in [4.69, 9.17) is 0 Å². The van der Waals surface area contributed by atoms with Crippen LogP contribution >= 0.6 is 0 Å². The second-order valence-electron chi connectivity index (χ2n) is 26.3. The lowest BCUT2D eigenvalue weighted by atomic mass is 9.85. The second-order valence-corrected chi connectivity index (χ2v) is 26.3. The Labute approximate surface area is 452 Å². The second kappa shape index (κ2) is 16.2. The van der Waals surface area contributed by atoms with Crippen LogP contribution in [0.2, 0.25) is 0 Å². The van der Waals surface area contributed by atoms with Gasteiger partial charge in [0.25, 0.3) is 0 Å². The molecular weight excluding hydrogens is 931 g/mol. The summed E-state index contributed by atoms with van der Waals surface area (Å²) in [5, 5.41) is 15.3. The van der Waals surface area contributed by atoms with Gasteiger partial charge in [-0.3, -0.25) is 0 Å². The first kappa shape index (κ1) is 47.3. The molecule has 0 spiro atoms. The van der Waals surface area contributed by atoms with E-state index in [0.29, 0.717) is 0 Å². The van der Waals surface area contributed by atoms with Crippen molar-refractivity contribution in [2.24, 2.45) is 0 Å². The predicted octanol–water partition coefficient (Wildman–Crippen LogP) is 20.7. The molecule has 0 radical (unpaired) electrons. The highest BCUT2D eigenvalue weighted by molar-refractivity contribution is 6.27. The normalized spacial score (nSPS) is 13.2. The third kappa shape index (κ3) is 7.22. The fraction of sp³-hybridized carbons (Fsp3) is 0.216. The minimum atomic E-state index is 0.0106. The van der Waals surface area contributed by atoms with Gasteiger partial charge in [0.05, 0.1) is 38.8 Å². The van der Waals surface area contributed by atoms with Crippen LogP contribution in [0.25, 0.3) is 126 Å². The molecule has 378 valence electrons. The molecule has 3 nitrogen and oxygen atoms in total. The van der Waals surface area contributed by atoms with E-state index in [1.165, 1.54) is 137 Å². The molecule has 0 N–H and O–H groups in total. The Morgan fingerprint density at radius 1 is 0.260 bits per heavy atom. The Hall–Kier alpha value is -8.14. The summed E-state index contributed by atoms with van der Waals surface area (Å²) in [7, 11) is 0. The van der Waals surface area contributed by atoms with E-state index >= 15 is 0 Å². The fourth-order valence-electron chi connectivity index (χ4n) is 12.9. The maximum absolute atomic E-state index is 2.59. The molecule has 0 aliphatic rings. The van der Waals surface area contributed by atoms with Crippen LogP contribution in [-0.4, -0.2) is 13.7 Å². The predicted molar refractivity (Wildman–Crippen MR) is 333 cm³/mol. The summed E-state index contributed by atoms with van der Waals surface area (Å²) in [6.07, 6.45) is 0. The van der Waals surface area contributed by atoms with Crippen molar-refractivity contribution in [1.82, 2.24) is 13.7 Å². The molecule has 0 aliphatic heterocycles. The molecule has 0 saturated carbocycles.